The summed E-state index contributed by atoms with van der Waals surface area (Å²) in [6, 6.07) is -0.761. The van der Waals surface area contributed by atoms with Gasteiger partial charge in [0.15, 0.2) is 0 Å². The molecular formula is C36H74N2O6P+. The van der Waals surface area contributed by atoms with Gasteiger partial charge >= 0.3 is 7.82 Å². The molecule has 8 nitrogen and oxygen atoms in total. The highest BCUT2D eigenvalue weighted by Crippen LogP contribution is 2.43. The van der Waals surface area contributed by atoms with E-state index < -0.39 is 20.0 Å². The summed E-state index contributed by atoms with van der Waals surface area (Å²) in [5, 5.41) is 13.8. The first-order chi connectivity index (χ1) is 21.5. The SMILES string of the molecule is CCCCCCCC/C=C\CCCCCC(=O)NC(COP(=O)(O)OCC[N+](C)(C)C)C(O)CCCCCCCCCCCC. The fourth-order valence-electron chi connectivity index (χ4n) is 5.21. The Kier molecular flexibility index (Phi) is 28.9. The van der Waals surface area contributed by atoms with E-state index in [1.807, 2.05) is 21.1 Å². The van der Waals surface area contributed by atoms with Crippen molar-refractivity contribution in [3.05, 3.63) is 12.2 Å². The van der Waals surface area contributed by atoms with Crippen LogP contribution in [0.15, 0.2) is 12.2 Å². The number of phosphoric ester groups is 1. The number of likely N-dealkylation sites (N-methyl/N-ethyl adjacent to an activating group) is 1. The Labute approximate surface area is 278 Å². The van der Waals surface area contributed by atoms with Crippen LogP contribution in [0.1, 0.15) is 162 Å². The molecule has 0 heterocycles. The third kappa shape index (κ3) is 31.6. The summed E-state index contributed by atoms with van der Waals surface area (Å²) in [7, 11) is 1.60. The van der Waals surface area contributed by atoms with E-state index in [4.69, 9.17) is 9.05 Å². The van der Waals surface area contributed by atoms with E-state index in [-0.39, 0.29) is 19.1 Å². The van der Waals surface area contributed by atoms with Crippen LogP contribution in [0.4, 0.5) is 0 Å². The number of carbonyl (C=O) groups excluding carboxylic acids is 1. The van der Waals surface area contributed by atoms with Crippen molar-refractivity contribution >= 4 is 13.7 Å². The van der Waals surface area contributed by atoms with Gasteiger partial charge in [-0.3, -0.25) is 13.8 Å². The molecule has 0 bridgehead atoms. The number of amides is 1. The lowest BCUT2D eigenvalue weighted by atomic mass is 10.0. The predicted octanol–water partition coefficient (Wildman–Crippen LogP) is 9.24. The molecule has 9 heteroatoms. The molecule has 0 aliphatic rings. The number of unbranched alkanes of at least 4 members (excludes halogenated alkanes) is 18. The zero-order chi connectivity index (χ0) is 33.7. The highest BCUT2D eigenvalue weighted by molar-refractivity contribution is 7.47. The summed E-state index contributed by atoms with van der Waals surface area (Å²) in [5.74, 6) is -0.164. The van der Waals surface area contributed by atoms with Crippen LogP contribution >= 0.6 is 7.82 Å². The Hall–Kier alpha value is -0.760. The second-order valence-corrected chi connectivity index (χ2v) is 15.4. The van der Waals surface area contributed by atoms with E-state index in [2.05, 4.69) is 31.3 Å². The topological polar surface area (TPSA) is 105 Å². The number of quaternary nitrogens is 1. The Morgan fingerprint density at radius 1 is 0.733 bits per heavy atom. The maximum atomic E-state index is 12.8. The van der Waals surface area contributed by atoms with Crippen molar-refractivity contribution in [2.24, 2.45) is 0 Å². The number of phosphoric acid groups is 1. The molecule has 0 aromatic carbocycles. The van der Waals surface area contributed by atoms with Gasteiger partial charge in [0.05, 0.1) is 39.9 Å². The van der Waals surface area contributed by atoms with Crippen LogP contribution in [0.25, 0.3) is 0 Å². The minimum atomic E-state index is -4.30. The lowest BCUT2D eigenvalue weighted by molar-refractivity contribution is -0.870. The van der Waals surface area contributed by atoms with E-state index in [0.717, 1.165) is 51.4 Å². The molecule has 1 amide bonds. The molecule has 3 N–H and O–H groups in total. The van der Waals surface area contributed by atoms with Crippen molar-refractivity contribution in [3.8, 4) is 0 Å². The third-order valence-electron chi connectivity index (χ3n) is 8.26. The first-order valence-electron chi connectivity index (χ1n) is 18.6. The number of carbonyl (C=O) groups is 1. The fourth-order valence-corrected chi connectivity index (χ4v) is 5.95. The molecule has 3 atom stereocenters. The summed E-state index contributed by atoms with van der Waals surface area (Å²) in [4.78, 5) is 22.9. The molecule has 0 aliphatic heterocycles. The van der Waals surface area contributed by atoms with Crippen molar-refractivity contribution < 1.29 is 32.9 Å². The van der Waals surface area contributed by atoms with E-state index >= 15 is 0 Å². The molecule has 0 saturated carbocycles. The largest absolute Gasteiger partial charge is 0.472 e. The van der Waals surface area contributed by atoms with Crippen LogP contribution < -0.4 is 5.32 Å². The van der Waals surface area contributed by atoms with Crippen LogP contribution in [0, 0.1) is 0 Å². The van der Waals surface area contributed by atoms with Gasteiger partial charge in [-0.2, -0.15) is 0 Å². The Balaban J connectivity index is 4.51. The monoisotopic (exact) mass is 662 g/mol. The van der Waals surface area contributed by atoms with Gasteiger partial charge in [0.1, 0.15) is 13.2 Å². The quantitative estimate of drug-likeness (QED) is 0.0280. The third-order valence-corrected chi connectivity index (χ3v) is 9.25. The number of aliphatic hydroxyl groups is 1. The van der Waals surface area contributed by atoms with Gasteiger partial charge in [-0.15, -0.1) is 0 Å². The van der Waals surface area contributed by atoms with Gasteiger partial charge in [-0.25, -0.2) is 4.57 Å². The molecule has 0 radical (unpaired) electrons. The number of hydrogen-bond donors (Lipinski definition) is 3. The standard InChI is InChI=1S/C36H73N2O6P/c1-6-8-10-12-14-16-18-19-20-22-24-26-28-30-36(40)37-34(33-44-45(41,42)43-32-31-38(3,4)5)35(39)29-27-25-23-21-17-15-13-11-9-7-2/h19-20,34-35,39H,6-18,21-33H2,1-5H3,(H-,37,40,41,42)/p+1/b20-19-. The van der Waals surface area contributed by atoms with Crippen LogP contribution in [0.2, 0.25) is 0 Å². The molecule has 45 heavy (non-hydrogen) atoms. The second-order valence-electron chi connectivity index (χ2n) is 14.0. The van der Waals surface area contributed by atoms with Gasteiger partial charge in [0.25, 0.3) is 0 Å². The van der Waals surface area contributed by atoms with Gasteiger partial charge in [-0.1, -0.05) is 129 Å². The Morgan fingerprint density at radius 3 is 1.71 bits per heavy atom. The summed E-state index contributed by atoms with van der Waals surface area (Å²) in [6.45, 7) is 4.83. The molecule has 3 unspecified atom stereocenters. The summed E-state index contributed by atoms with van der Waals surface area (Å²) >= 11 is 0. The smallest absolute Gasteiger partial charge is 0.391 e. The molecule has 0 spiro atoms. The summed E-state index contributed by atoms with van der Waals surface area (Å²) in [6.07, 6.45) is 29.4. The Morgan fingerprint density at radius 2 is 1.20 bits per heavy atom. The minimum absolute atomic E-state index is 0.0731. The van der Waals surface area contributed by atoms with Gasteiger partial charge in [0, 0.05) is 6.42 Å². The summed E-state index contributed by atoms with van der Waals surface area (Å²) < 4.78 is 23.4. The average molecular weight is 662 g/mol. The van der Waals surface area contributed by atoms with E-state index in [1.165, 1.54) is 83.5 Å². The van der Waals surface area contributed by atoms with Crippen molar-refractivity contribution in [1.82, 2.24) is 5.32 Å². The van der Waals surface area contributed by atoms with Crippen LogP contribution in [0.5, 0.6) is 0 Å². The first-order valence-corrected chi connectivity index (χ1v) is 20.0. The molecular weight excluding hydrogens is 587 g/mol. The van der Waals surface area contributed by atoms with Crippen LogP contribution in [0.3, 0.4) is 0 Å². The lowest BCUT2D eigenvalue weighted by Gasteiger charge is -2.26. The van der Waals surface area contributed by atoms with E-state index in [1.54, 1.807) is 0 Å². The highest BCUT2D eigenvalue weighted by atomic mass is 31.2. The van der Waals surface area contributed by atoms with Gasteiger partial charge in [0.2, 0.25) is 5.91 Å². The highest BCUT2D eigenvalue weighted by Gasteiger charge is 2.28. The zero-order valence-electron chi connectivity index (χ0n) is 30.1. The number of allylic oxidation sites excluding steroid dienone is 2. The van der Waals surface area contributed by atoms with Crippen LogP contribution in [-0.2, 0) is 18.4 Å². The number of aliphatic hydroxyl groups excluding tert-OH is 1. The van der Waals surface area contributed by atoms with Gasteiger partial charge in [-0.05, 0) is 38.5 Å². The van der Waals surface area contributed by atoms with Crippen LogP contribution in [-0.4, -0.2) is 73.4 Å². The maximum Gasteiger partial charge on any atom is 0.472 e. The maximum absolute atomic E-state index is 12.8. The number of rotatable bonds is 33. The number of nitrogens with one attached hydrogen (secondary N) is 1. The molecule has 0 fully saturated rings. The normalized spacial score (nSPS) is 14.9. The predicted molar refractivity (Wildman–Crippen MR) is 189 cm³/mol. The van der Waals surface area contributed by atoms with Gasteiger partial charge < -0.3 is 19.8 Å². The minimum Gasteiger partial charge on any atom is -0.391 e. The Bertz CT molecular complexity index is 758. The molecule has 0 aromatic heterocycles. The lowest BCUT2D eigenvalue weighted by Crippen LogP contribution is -2.46. The van der Waals surface area contributed by atoms with Crippen molar-refractivity contribution in [2.75, 3.05) is 40.9 Å². The average Bonchev–Trinajstić information content (AvgIpc) is 2.97. The molecule has 0 saturated heterocycles. The molecule has 0 rings (SSSR count). The zero-order valence-corrected chi connectivity index (χ0v) is 31.0. The molecule has 0 aliphatic carbocycles. The number of nitrogens with zero attached hydrogens (tertiary/aromatic N) is 1. The first kappa shape index (κ1) is 44.2. The van der Waals surface area contributed by atoms with E-state index in [9.17, 15) is 19.4 Å². The van der Waals surface area contributed by atoms with Crippen molar-refractivity contribution in [1.29, 1.82) is 0 Å². The fraction of sp³-hybridized carbons (Fsp3) is 0.917. The number of hydrogen-bond acceptors (Lipinski definition) is 5. The van der Waals surface area contributed by atoms with Crippen molar-refractivity contribution in [3.63, 3.8) is 0 Å². The van der Waals surface area contributed by atoms with Crippen molar-refractivity contribution in [2.45, 2.75) is 174 Å². The second kappa shape index (κ2) is 29.4. The molecule has 268 valence electrons. The molecule has 0 aromatic rings. The van der Waals surface area contributed by atoms with E-state index in [0.29, 0.717) is 23.9 Å². The summed E-state index contributed by atoms with van der Waals surface area (Å²) in [5.41, 5.74) is 0.